The maximum atomic E-state index is 12.4. The predicted octanol–water partition coefficient (Wildman–Crippen LogP) is 3.91. The molecule has 0 radical (unpaired) electrons. The molecule has 3 aromatic carbocycles. The first-order chi connectivity index (χ1) is 15.8. The number of carbonyl (C=O) groups excluding carboxylic acids is 1. The molecule has 0 aliphatic heterocycles. The van der Waals surface area contributed by atoms with Gasteiger partial charge in [0.2, 0.25) is 10.0 Å². The Kier molecular flexibility index (Phi) is 8.12. The summed E-state index contributed by atoms with van der Waals surface area (Å²) < 4.78 is 32.2. The Balaban J connectivity index is 1.56. The SMILES string of the molecule is O=C(O)CCNS(=O)(=O)c1ccc(C(=O)/C=C/c2ccc(OCc3ccccc3)cc2)cc1. The number of nitrogens with one attached hydrogen (secondary N) is 1. The van der Waals surface area contributed by atoms with Crippen LogP contribution < -0.4 is 9.46 Å². The minimum Gasteiger partial charge on any atom is -0.489 e. The largest absolute Gasteiger partial charge is 0.489 e. The van der Waals surface area contributed by atoms with Crippen molar-refractivity contribution in [3.63, 3.8) is 0 Å². The molecule has 3 aromatic rings. The second kappa shape index (κ2) is 11.2. The van der Waals surface area contributed by atoms with E-state index in [1.165, 1.54) is 30.3 Å². The number of allylic oxidation sites excluding steroid dienone is 1. The molecule has 0 atom stereocenters. The second-order valence-corrected chi connectivity index (χ2v) is 8.87. The number of aliphatic carboxylic acids is 1. The van der Waals surface area contributed by atoms with Gasteiger partial charge in [-0.25, -0.2) is 13.1 Å². The van der Waals surface area contributed by atoms with Crippen molar-refractivity contribution in [1.29, 1.82) is 0 Å². The standard InChI is InChI=1S/C25H23NO6S/c27-24(21-9-13-23(14-10-21)33(30,31)26-17-16-25(28)29)15-8-19-6-11-22(12-7-19)32-18-20-4-2-1-3-5-20/h1-15,26H,16-18H2,(H,28,29)/b15-8+. The van der Waals surface area contributed by atoms with Gasteiger partial charge in [0.25, 0.3) is 0 Å². The van der Waals surface area contributed by atoms with Crippen molar-refractivity contribution in [3.8, 4) is 5.75 Å². The van der Waals surface area contributed by atoms with Crippen molar-refractivity contribution < 1.29 is 27.9 Å². The minimum atomic E-state index is -3.83. The Labute approximate surface area is 192 Å². The van der Waals surface area contributed by atoms with Crippen LogP contribution in [0.25, 0.3) is 6.08 Å². The third-order valence-electron chi connectivity index (χ3n) is 4.64. The van der Waals surface area contributed by atoms with Gasteiger partial charge >= 0.3 is 5.97 Å². The number of ether oxygens (including phenoxy) is 1. The second-order valence-electron chi connectivity index (χ2n) is 7.11. The van der Waals surface area contributed by atoms with Crippen LogP contribution in [0.2, 0.25) is 0 Å². The molecule has 3 rings (SSSR count). The molecule has 0 amide bonds. The zero-order valence-corrected chi connectivity index (χ0v) is 18.5. The first-order valence-corrected chi connectivity index (χ1v) is 11.6. The molecule has 0 bridgehead atoms. The summed E-state index contributed by atoms with van der Waals surface area (Å²) in [4.78, 5) is 22.9. The van der Waals surface area contributed by atoms with Crippen LogP contribution in [-0.4, -0.2) is 31.8 Å². The summed E-state index contributed by atoms with van der Waals surface area (Å²) in [5, 5.41) is 8.61. The number of carbonyl (C=O) groups is 2. The van der Waals surface area contributed by atoms with E-state index >= 15 is 0 Å². The van der Waals surface area contributed by atoms with Crippen LogP contribution in [0.1, 0.15) is 27.9 Å². The number of hydrogen-bond acceptors (Lipinski definition) is 5. The third-order valence-corrected chi connectivity index (χ3v) is 6.11. The molecular weight excluding hydrogens is 442 g/mol. The highest BCUT2D eigenvalue weighted by molar-refractivity contribution is 7.89. The third kappa shape index (κ3) is 7.41. The van der Waals surface area contributed by atoms with Gasteiger partial charge in [-0.15, -0.1) is 0 Å². The van der Waals surface area contributed by atoms with Gasteiger partial charge in [-0.1, -0.05) is 48.5 Å². The lowest BCUT2D eigenvalue weighted by Gasteiger charge is -2.06. The molecule has 7 nitrogen and oxygen atoms in total. The van der Waals surface area contributed by atoms with Crippen molar-refractivity contribution in [1.82, 2.24) is 4.72 Å². The average Bonchev–Trinajstić information content (AvgIpc) is 2.82. The molecule has 0 aromatic heterocycles. The maximum Gasteiger partial charge on any atom is 0.304 e. The van der Waals surface area contributed by atoms with E-state index < -0.39 is 16.0 Å². The number of benzene rings is 3. The summed E-state index contributed by atoms with van der Waals surface area (Å²) in [6, 6.07) is 22.6. The smallest absolute Gasteiger partial charge is 0.304 e. The lowest BCUT2D eigenvalue weighted by Crippen LogP contribution is -2.26. The van der Waals surface area contributed by atoms with Gasteiger partial charge in [0.1, 0.15) is 12.4 Å². The molecule has 0 saturated carbocycles. The summed E-state index contributed by atoms with van der Waals surface area (Å²) in [6.07, 6.45) is 2.76. The van der Waals surface area contributed by atoms with Crippen LogP contribution in [0.15, 0.2) is 89.8 Å². The highest BCUT2D eigenvalue weighted by Gasteiger charge is 2.14. The first kappa shape index (κ1) is 23.9. The Hall–Kier alpha value is -3.75. The minimum absolute atomic E-state index is 0.0421. The molecule has 0 spiro atoms. The zero-order valence-electron chi connectivity index (χ0n) is 17.7. The fourth-order valence-electron chi connectivity index (χ4n) is 2.86. The molecule has 33 heavy (non-hydrogen) atoms. The van der Waals surface area contributed by atoms with Crippen LogP contribution in [-0.2, 0) is 21.4 Å². The summed E-state index contributed by atoms with van der Waals surface area (Å²) in [6.45, 7) is 0.256. The van der Waals surface area contributed by atoms with E-state index in [0.29, 0.717) is 12.2 Å². The van der Waals surface area contributed by atoms with Crippen molar-refractivity contribution in [3.05, 3.63) is 102 Å². The molecule has 170 valence electrons. The fraction of sp³-hybridized carbons (Fsp3) is 0.120. The van der Waals surface area contributed by atoms with Gasteiger partial charge in [-0.2, -0.15) is 0 Å². The fourth-order valence-corrected chi connectivity index (χ4v) is 3.89. The average molecular weight is 466 g/mol. The Morgan fingerprint density at radius 3 is 2.21 bits per heavy atom. The summed E-state index contributed by atoms with van der Waals surface area (Å²) in [5.74, 6) is -0.655. The monoisotopic (exact) mass is 465 g/mol. The predicted molar refractivity (Wildman–Crippen MR) is 124 cm³/mol. The van der Waals surface area contributed by atoms with E-state index in [1.807, 2.05) is 54.6 Å². The van der Waals surface area contributed by atoms with E-state index in [1.54, 1.807) is 6.08 Å². The van der Waals surface area contributed by atoms with Gasteiger partial charge in [0.05, 0.1) is 11.3 Å². The molecule has 2 N–H and O–H groups in total. The Morgan fingerprint density at radius 2 is 1.58 bits per heavy atom. The lowest BCUT2D eigenvalue weighted by molar-refractivity contribution is -0.136. The maximum absolute atomic E-state index is 12.4. The number of carboxylic acid groups (broad SMARTS) is 1. The highest BCUT2D eigenvalue weighted by Crippen LogP contribution is 2.16. The molecule has 0 fully saturated rings. The number of hydrogen-bond donors (Lipinski definition) is 2. The molecule has 0 unspecified atom stereocenters. The van der Waals surface area contributed by atoms with Gasteiger partial charge in [-0.3, -0.25) is 9.59 Å². The molecule has 0 aliphatic rings. The zero-order chi connectivity index (χ0) is 23.7. The van der Waals surface area contributed by atoms with Gasteiger partial charge < -0.3 is 9.84 Å². The quantitative estimate of drug-likeness (QED) is 0.328. The Bertz CT molecular complexity index is 1220. The highest BCUT2D eigenvalue weighted by atomic mass is 32.2. The van der Waals surface area contributed by atoms with Crippen molar-refractivity contribution in [2.45, 2.75) is 17.9 Å². The van der Waals surface area contributed by atoms with E-state index in [9.17, 15) is 18.0 Å². The van der Waals surface area contributed by atoms with Crippen LogP contribution in [0.4, 0.5) is 0 Å². The molecule has 8 heteroatoms. The lowest BCUT2D eigenvalue weighted by atomic mass is 10.1. The van der Waals surface area contributed by atoms with Crippen molar-refractivity contribution >= 4 is 27.9 Å². The summed E-state index contributed by atoms with van der Waals surface area (Å²) >= 11 is 0. The number of ketones is 1. The number of sulfonamides is 1. The summed E-state index contributed by atoms with van der Waals surface area (Å²) in [5.41, 5.74) is 2.22. The molecule has 0 aliphatic carbocycles. The molecular formula is C25H23NO6S. The van der Waals surface area contributed by atoms with Crippen LogP contribution >= 0.6 is 0 Å². The van der Waals surface area contributed by atoms with Gasteiger partial charge in [0, 0.05) is 12.1 Å². The van der Waals surface area contributed by atoms with E-state index in [0.717, 1.165) is 16.9 Å². The first-order valence-electron chi connectivity index (χ1n) is 10.1. The number of carboxylic acids is 1. The van der Waals surface area contributed by atoms with Crippen molar-refractivity contribution in [2.75, 3.05) is 6.54 Å². The van der Waals surface area contributed by atoms with Crippen LogP contribution in [0.5, 0.6) is 5.75 Å². The van der Waals surface area contributed by atoms with Crippen LogP contribution in [0.3, 0.4) is 0 Å². The van der Waals surface area contributed by atoms with E-state index in [2.05, 4.69) is 4.72 Å². The van der Waals surface area contributed by atoms with Crippen LogP contribution in [0, 0.1) is 0 Å². The topological polar surface area (TPSA) is 110 Å². The van der Waals surface area contributed by atoms with Gasteiger partial charge in [-0.05, 0) is 53.6 Å². The summed E-state index contributed by atoms with van der Waals surface area (Å²) in [7, 11) is -3.83. The van der Waals surface area contributed by atoms with Crippen molar-refractivity contribution in [2.24, 2.45) is 0 Å². The van der Waals surface area contributed by atoms with E-state index in [-0.39, 0.29) is 23.6 Å². The van der Waals surface area contributed by atoms with E-state index in [4.69, 9.17) is 9.84 Å². The number of rotatable bonds is 11. The molecule has 0 saturated heterocycles. The van der Waals surface area contributed by atoms with Gasteiger partial charge in [0.15, 0.2) is 5.78 Å². The molecule has 0 heterocycles. The Morgan fingerprint density at radius 1 is 0.909 bits per heavy atom. The normalized spacial score (nSPS) is 11.4.